The first-order valence-electron chi connectivity index (χ1n) is 10.5. The molecule has 0 saturated heterocycles. The van der Waals surface area contributed by atoms with Crippen molar-refractivity contribution in [3.8, 4) is 0 Å². The van der Waals surface area contributed by atoms with Crippen molar-refractivity contribution < 1.29 is 14.2 Å². The summed E-state index contributed by atoms with van der Waals surface area (Å²) in [5.74, 6) is 0.807. The highest BCUT2D eigenvalue weighted by Gasteiger charge is 2.13. The predicted octanol–water partition coefficient (Wildman–Crippen LogP) is 4.67. The van der Waals surface area contributed by atoms with Gasteiger partial charge in [-0.25, -0.2) is 0 Å². The zero-order valence-corrected chi connectivity index (χ0v) is 17.7. The van der Waals surface area contributed by atoms with Crippen LogP contribution in [-0.2, 0) is 14.2 Å². The molecule has 0 aromatic carbocycles. The van der Waals surface area contributed by atoms with Gasteiger partial charge < -0.3 is 19.5 Å². The Morgan fingerprint density at radius 3 is 2.00 bits per heavy atom. The molecule has 152 valence electrons. The quantitative estimate of drug-likeness (QED) is 0.340. The number of ether oxygens (including phenoxy) is 3. The molecule has 25 heavy (non-hydrogen) atoms. The third-order valence-electron chi connectivity index (χ3n) is 4.97. The summed E-state index contributed by atoms with van der Waals surface area (Å²) >= 11 is 0. The van der Waals surface area contributed by atoms with E-state index in [1.807, 2.05) is 0 Å². The zero-order chi connectivity index (χ0) is 18.8. The predicted molar refractivity (Wildman–Crippen MR) is 107 cm³/mol. The molecule has 4 nitrogen and oxygen atoms in total. The molecule has 0 radical (unpaired) electrons. The molecule has 1 N–H and O–H groups in total. The third kappa shape index (κ3) is 17.0. The zero-order valence-electron chi connectivity index (χ0n) is 17.7. The van der Waals surface area contributed by atoms with Crippen molar-refractivity contribution in [2.45, 2.75) is 73.1 Å². The summed E-state index contributed by atoms with van der Waals surface area (Å²) in [6.45, 7) is 17.7. The number of rotatable bonds is 19. The SMILES string of the molecule is CCCC(CC)CNCCOCCOCCOCCCC(C)(C)CC. The summed E-state index contributed by atoms with van der Waals surface area (Å²) in [5.41, 5.74) is 0.444. The van der Waals surface area contributed by atoms with Gasteiger partial charge in [-0.2, -0.15) is 0 Å². The summed E-state index contributed by atoms with van der Waals surface area (Å²) in [5, 5.41) is 3.48. The second-order valence-corrected chi connectivity index (χ2v) is 7.73. The van der Waals surface area contributed by atoms with E-state index < -0.39 is 0 Å². The molecule has 0 rings (SSSR count). The minimum atomic E-state index is 0.444. The molecule has 0 aliphatic carbocycles. The van der Waals surface area contributed by atoms with Crippen molar-refractivity contribution in [1.82, 2.24) is 5.32 Å². The summed E-state index contributed by atoms with van der Waals surface area (Å²) in [4.78, 5) is 0. The second-order valence-electron chi connectivity index (χ2n) is 7.73. The highest BCUT2D eigenvalue weighted by atomic mass is 16.5. The monoisotopic (exact) mass is 359 g/mol. The average molecular weight is 360 g/mol. The van der Waals surface area contributed by atoms with Gasteiger partial charge in [0, 0.05) is 13.2 Å². The van der Waals surface area contributed by atoms with Gasteiger partial charge in [0.2, 0.25) is 0 Å². The van der Waals surface area contributed by atoms with E-state index in [0.29, 0.717) is 31.8 Å². The number of nitrogens with one attached hydrogen (secondary N) is 1. The van der Waals surface area contributed by atoms with E-state index in [0.717, 1.165) is 38.6 Å². The van der Waals surface area contributed by atoms with Crippen LogP contribution in [0.1, 0.15) is 73.1 Å². The van der Waals surface area contributed by atoms with E-state index >= 15 is 0 Å². The smallest absolute Gasteiger partial charge is 0.0701 e. The van der Waals surface area contributed by atoms with Crippen LogP contribution in [0.4, 0.5) is 0 Å². The molecule has 0 amide bonds. The Kier molecular flexibility index (Phi) is 17.2. The standard InChI is InChI=1S/C21H45NO3/c1-6-10-20(7-2)19-22-12-14-24-16-18-25-17-15-23-13-9-11-21(4,5)8-3/h20,22H,6-19H2,1-5H3. The Labute approximate surface area is 157 Å². The van der Waals surface area contributed by atoms with Crippen molar-refractivity contribution in [2.75, 3.05) is 52.7 Å². The summed E-state index contributed by atoms with van der Waals surface area (Å²) in [6.07, 6.45) is 7.43. The third-order valence-corrected chi connectivity index (χ3v) is 4.97. The first-order valence-corrected chi connectivity index (χ1v) is 10.5. The van der Waals surface area contributed by atoms with Crippen LogP contribution in [0.2, 0.25) is 0 Å². The maximum atomic E-state index is 5.61. The minimum Gasteiger partial charge on any atom is -0.379 e. The molecule has 0 aromatic heterocycles. The van der Waals surface area contributed by atoms with Gasteiger partial charge >= 0.3 is 0 Å². The molecule has 0 bridgehead atoms. The van der Waals surface area contributed by atoms with Crippen LogP contribution >= 0.6 is 0 Å². The highest BCUT2D eigenvalue weighted by Crippen LogP contribution is 2.25. The van der Waals surface area contributed by atoms with Crippen LogP contribution in [0.15, 0.2) is 0 Å². The van der Waals surface area contributed by atoms with Gasteiger partial charge in [-0.15, -0.1) is 0 Å². The van der Waals surface area contributed by atoms with E-state index in [1.54, 1.807) is 0 Å². The van der Waals surface area contributed by atoms with E-state index in [1.165, 1.54) is 32.1 Å². The molecule has 0 saturated carbocycles. The fourth-order valence-electron chi connectivity index (χ4n) is 2.68. The summed E-state index contributed by atoms with van der Waals surface area (Å²) in [6, 6.07) is 0. The normalized spacial score (nSPS) is 13.3. The van der Waals surface area contributed by atoms with Crippen molar-refractivity contribution >= 4 is 0 Å². The van der Waals surface area contributed by atoms with Crippen LogP contribution in [0, 0.1) is 11.3 Å². The van der Waals surface area contributed by atoms with Crippen molar-refractivity contribution in [2.24, 2.45) is 11.3 Å². The Morgan fingerprint density at radius 2 is 1.44 bits per heavy atom. The van der Waals surface area contributed by atoms with Gasteiger partial charge in [0.05, 0.1) is 33.0 Å². The van der Waals surface area contributed by atoms with Crippen molar-refractivity contribution in [3.63, 3.8) is 0 Å². The minimum absolute atomic E-state index is 0.444. The lowest BCUT2D eigenvalue weighted by Crippen LogP contribution is -2.26. The Morgan fingerprint density at radius 1 is 0.840 bits per heavy atom. The molecule has 0 aliphatic rings. The molecule has 0 spiro atoms. The van der Waals surface area contributed by atoms with Gasteiger partial charge in [0.15, 0.2) is 0 Å². The highest BCUT2D eigenvalue weighted by molar-refractivity contribution is 4.65. The number of hydrogen-bond donors (Lipinski definition) is 1. The lowest BCUT2D eigenvalue weighted by Gasteiger charge is -2.22. The van der Waals surface area contributed by atoms with E-state index in [4.69, 9.17) is 14.2 Å². The van der Waals surface area contributed by atoms with Gasteiger partial charge in [-0.3, -0.25) is 0 Å². The summed E-state index contributed by atoms with van der Waals surface area (Å²) < 4.78 is 16.7. The lowest BCUT2D eigenvalue weighted by molar-refractivity contribution is 0.0133. The van der Waals surface area contributed by atoms with Gasteiger partial charge in [0.1, 0.15) is 0 Å². The van der Waals surface area contributed by atoms with E-state index in [2.05, 4.69) is 39.9 Å². The molecule has 0 aliphatic heterocycles. The number of hydrogen-bond acceptors (Lipinski definition) is 4. The van der Waals surface area contributed by atoms with Crippen molar-refractivity contribution in [3.05, 3.63) is 0 Å². The maximum Gasteiger partial charge on any atom is 0.0701 e. The van der Waals surface area contributed by atoms with Crippen LogP contribution in [-0.4, -0.2) is 52.7 Å². The fourth-order valence-corrected chi connectivity index (χ4v) is 2.68. The second kappa shape index (κ2) is 17.3. The van der Waals surface area contributed by atoms with Crippen LogP contribution in [0.5, 0.6) is 0 Å². The first-order chi connectivity index (χ1) is 12.1. The Balaban J connectivity index is 3.19. The molecule has 0 aromatic rings. The van der Waals surface area contributed by atoms with E-state index in [-0.39, 0.29) is 0 Å². The Hall–Kier alpha value is -0.160. The molecular weight excluding hydrogens is 314 g/mol. The van der Waals surface area contributed by atoms with Crippen molar-refractivity contribution in [1.29, 1.82) is 0 Å². The molecule has 0 heterocycles. The van der Waals surface area contributed by atoms with Gasteiger partial charge in [-0.05, 0) is 37.1 Å². The molecule has 0 fully saturated rings. The van der Waals surface area contributed by atoms with Crippen LogP contribution in [0.3, 0.4) is 0 Å². The lowest BCUT2D eigenvalue weighted by atomic mass is 9.85. The maximum absolute atomic E-state index is 5.61. The molecule has 1 atom stereocenters. The fraction of sp³-hybridized carbons (Fsp3) is 1.00. The Bertz CT molecular complexity index is 272. The van der Waals surface area contributed by atoms with Gasteiger partial charge in [0.25, 0.3) is 0 Å². The summed E-state index contributed by atoms with van der Waals surface area (Å²) in [7, 11) is 0. The van der Waals surface area contributed by atoms with Gasteiger partial charge in [-0.1, -0.05) is 53.9 Å². The van der Waals surface area contributed by atoms with Crippen LogP contribution in [0.25, 0.3) is 0 Å². The van der Waals surface area contributed by atoms with E-state index in [9.17, 15) is 0 Å². The van der Waals surface area contributed by atoms with Crippen LogP contribution < -0.4 is 5.32 Å². The molecule has 4 heteroatoms. The molecule has 1 unspecified atom stereocenters. The largest absolute Gasteiger partial charge is 0.379 e. The molecular formula is C21H45NO3. The topological polar surface area (TPSA) is 39.7 Å². The first kappa shape index (κ1) is 24.8. The average Bonchev–Trinajstić information content (AvgIpc) is 2.60.